The Morgan fingerprint density at radius 1 is 1.40 bits per heavy atom. The highest BCUT2D eigenvalue weighted by Crippen LogP contribution is 2.17. The van der Waals surface area contributed by atoms with E-state index >= 15 is 0 Å². The molecule has 0 aromatic rings. The van der Waals surface area contributed by atoms with Crippen LogP contribution in [0.5, 0.6) is 0 Å². The van der Waals surface area contributed by atoms with Gasteiger partial charge >= 0.3 is 12.0 Å². The van der Waals surface area contributed by atoms with Crippen LogP contribution in [-0.2, 0) is 4.79 Å². The molecule has 1 aliphatic rings. The quantitative estimate of drug-likeness (QED) is 0.643. The monoisotopic (exact) mass is 302 g/mol. The Labute approximate surface area is 125 Å². The maximum atomic E-state index is 11.7. The lowest BCUT2D eigenvalue weighted by Gasteiger charge is -2.23. The summed E-state index contributed by atoms with van der Waals surface area (Å²) in [6.45, 7) is 2.68. The molecule has 0 spiro atoms. The number of carboxylic acid groups (broad SMARTS) is 1. The minimum atomic E-state index is -0.746. The van der Waals surface area contributed by atoms with Gasteiger partial charge in [-0.2, -0.15) is 11.8 Å². The first kappa shape index (κ1) is 17.1. The number of urea groups is 1. The Bertz CT molecular complexity index is 307. The number of hydrogen-bond acceptors (Lipinski definition) is 3. The fourth-order valence-corrected chi connectivity index (χ4v) is 3.43. The van der Waals surface area contributed by atoms with Crippen molar-refractivity contribution in [3.05, 3.63) is 0 Å². The van der Waals surface area contributed by atoms with E-state index in [1.165, 1.54) is 12.2 Å². The average molecular weight is 302 g/mol. The summed E-state index contributed by atoms with van der Waals surface area (Å²) in [6.07, 6.45) is 4.93. The van der Waals surface area contributed by atoms with Crippen LogP contribution in [0.15, 0.2) is 0 Å². The third-order valence-corrected chi connectivity index (χ3v) is 4.89. The number of amides is 2. The number of carboxylic acids is 1. The average Bonchev–Trinajstić information content (AvgIpc) is 2.43. The van der Waals surface area contributed by atoms with Crippen LogP contribution in [0.2, 0.25) is 0 Å². The number of nitrogens with one attached hydrogen (secondary N) is 2. The van der Waals surface area contributed by atoms with E-state index in [-0.39, 0.29) is 12.5 Å². The van der Waals surface area contributed by atoms with Gasteiger partial charge in [0.15, 0.2) is 0 Å². The predicted molar refractivity (Wildman–Crippen MR) is 82.1 cm³/mol. The Morgan fingerprint density at radius 2 is 2.20 bits per heavy atom. The Kier molecular flexibility index (Phi) is 8.49. The minimum Gasteiger partial charge on any atom is -0.481 e. The van der Waals surface area contributed by atoms with Gasteiger partial charge in [-0.1, -0.05) is 13.3 Å². The maximum absolute atomic E-state index is 11.7. The van der Waals surface area contributed by atoms with E-state index in [2.05, 4.69) is 17.6 Å². The second-order valence-electron chi connectivity index (χ2n) is 5.31. The zero-order valence-corrected chi connectivity index (χ0v) is 13.0. The Hall–Kier alpha value is -0.910. The molecule has 2 unspecified atom stereocenters. The molecule has 0 aliphatic carbocycles. The second kappa shape index (κ2) is 9.91. The van der Waals surface area contributed by atoms with Crippen LogP contribution in [0.3, 0.4) is 0 Å². The second-order valence-corrected chi connectivity index (χ2v) is 6.46. The summed E-state index contributed by atoms with van der Waals surface area (Å²) in [5, 5.41) is 14.5. The van der Waals surface area contributed by atoms with E-state index in [1.54, 1.807) is 0 Å². The van der Waals surface area contributed by atoms with E-state index in [0.29, 0.717) is 24.9 Å². The number of rotatable bonds is 8. The molecule has 1 rings (SSSR count). The summed E-state index contributed by atoms with van der Waals surface area (Å²) in [7, 11) is 0. The molecule has 116 valence electrons. The van der Waals surface area contributed by atoms with Gasteiger partial charge in [-0.3, -0.25) is 4.79 Å². The summed E-state index contributed by atoms with van der Waals surface area (Å²) in [5.41, 5.74) is 0. The molecular formula is C14H26N2O3S. The maximum Gasteiger partial charge on any atom is 0.315 e. The number of thioether (sulfide) groups is 1. The van der Waals surface area contributed by atoms with E-state index < -0.39 is 5.97 Å². The van der Waals surface area contributed by atoms with E-state index in [1.807, 2.05) is 11.8 Å². The molecule has 0 radical (unpaired) electrons. The van der Waals surface area contributed by atoms with Crippen LogP contribution < -0.4 is 10.6 Å². The first-order valence-corrected chi connectivity index (χ1v) is 8.61. The fourth-order valence-electron chi connectivity index (χ4n) is 2.36. The van der Waals surface area contributed by atoms with Gasteiger partial charge in [0.05, 0.1) is 0 Å². The van der Waals surface area contributed by atoms with E-state index in [0.717, 1.165) is 25.0 Å². The van der Waals surface area contributed by atoms with E-state index in [9.17, 15) is 9.59 Å². The lowest BCUT2D eigenvalue weighted by molar-refractivity contribution is -0.137. The Morgan fingerprint density at radius 3 is 2.80 bits per heavy atom. The van der Waals surface area contributed by atoms with Crippen LogP contribution >= 0.6 is 11.8 Å². The van der Waals surface area contributed by atoms with Crippen molar-refractivity contribution in [1.29, 1.82) is 0 Å². The van der Waals surface area contributed by atoms with Gasteiger partial charge in [-0.05, 0) is 37.4 Å². The SMILES string of the molecule is CCC(CCNC(=O)NC1CCCSC1)CCC(=O)O. The molecule has 0 saturated carbocycles. The summed E-state index contributed by atoms with van der Waals surface area (Å²) < 4.78 is 0. The molecule has 5 nitrogen and oxygen atoms in total. The molecule has 1 heterocycles. The topological polar surface area (TPSA) is 78.4 Å². The van der Waals surface area contributed by atoms with Gasteiger partial charge in [0.25, 0.3) is 0 Å². The first-order chi connectivity index (χ1) is 9.61. The zero-order valence-electron chi connectivity index (χ0n) is 12.2. The van der Waals surface area contributed by atoms with Gasteiger partial charge in [-0.25, -0.2) is 4.79 Å². The fraction of sp³-hybridized carbons (Fsp3) is 0.857. The highest BCUT2D eigenvalue weighted by Gasteiger charge is 2.16. The molecule has 2 atom stereocenters. The first-order valence-electron chi connectivity index (χ1n) is 7.45. The van der Waals surface area contributed by atoms with E-state index in [4.69, 9.17) is 5.11 Å². The van der Waals surface area contributed by atoms with Crippen LogP contribution in [-0.4, -0.2) is 41.2 Å². The molecule has 1 fully saturated rings. The number of carbonyl (C=O) groups is 2. The lowest BCUT2D eigenvalue weighted by atomic mass is 9.97. The normalized spacial score (nSPS) is 20.1. The molecule has 20 heavy (non-hydrogen) atoms. The lowest BCUT2D eigenvalue weighted by Crippen LogP contribution is -2.44. The molecule has 0 aromatic heterocycles. The predicted octanol–water partition coefficient (Wildman–Crippen LogP) is 2.46. The van der Waals surface area contributed by atoms with Crippen LogP contribution in [0, 0.1) is 5.92 Å². The molecule has 1 saturated heterocycles. The molecule has 6 heteroatoms. The number of carbonyl (C=O) groups excluding carboxylic acids is 1. The molecule has 0 aromatic carbocycles. The number of hydrogen-bond donors (Lipinski definition) is 3. The van der Waals surface area contributed by atoms with Crippen molar-refractivity contribution in [2.75, 3.05) is 18.1 Å². The summed E-state index contributed by atoms with van der Waals surface area (Å²) >= 11 is 1.89. The highest BCUT2D eigenvalue weighted by atomic mass is 32.2. The molecule has 3 N–H and O–H groups in total. The van der Waals surface area contributed by atoms with Gasteiger partial charge < -0.3 is 15.7 Å². The standard InChI is InChI=1S/C14H26N2O3S/c1-2-11(5-6-13(17)18)7-8-15-14(19)16-12-4-3-9-20-10-12/h11-12H,2-10H2,1H3,(H,17,18)(H2,15,16,19). The smallest absolute Gasteiger partial charge is 0.315 e. The van der Waals surface area contributed by atoms with Crippen molar-refractivity contribution in [3.8, 4) is 0 Å². The van der Waals surface area contributed by atoms with Crippen LogP contribution in [0.25, 0.3) is 0 Å². The Balaban J connectivity index is 2.11. The minimum absolute atomic E-state index is 0.0920. The number of aliphatic carboxylic acids is 1. The third kappa shape index (κ3) is 7.62. The van der Waals surface area contributed by atoms with Crippen molar-refractivity contribution in [2.45, 2.75) is 51.5 Å². The van der Waals surface area contributed by atoms with Crippen molar-refractivity contribution in [2.24, 2.45) is 5.92 Å². The van der Waals surface area contributed by atoms with Gasteiger partial charge in [0, 0.05) is 24.8 Å². The zero-order chi connectivity index (χ0) is 14.8. The summed E-state index contributed by atoms with van der Waals surface area (Å²) in [6, 6.07) is 0.202. The highest BCUT2D eigenvalue weighted by molar-refractivity contribution is 7.99. The van der Waals surface area contributed by atoms with Crippen molar-refractivity contribution in [1.82, 2.24) is 10.6 Å². The molecule has 0 bridgehead atoms. The molecule has 1 aliphatic heterocycles. The van der Waals surface area contributed by atoms with Crippen molar-refractivity contribution >= 4 is 23.8 Å². The van der Waals surface area contributed by atoms with Gasteiger partial charge in [0.1, 0.15) is 0 Å². The third-order valence-electron chi connectivity index (χ3n) is 3.68. The van der Waals surface area contributed by atoms with Crippen LogP contribution in [0.1, 0.15) is 45.4 Å². The largest absolute Gasteiger partial charge is 0.481 e. The van der Waals surface area contributed by atoms with Gasteiger partial charge in [-0.15, -0.1) is 0 Å². The van der Waals surface area contributed by atoms with Gasteiger partial charge in [0.2, 0.25) is 0 Å². The summed E-state index contributed by atoms with van der Waals surface area (Å²) in [5.74, 6) is 1.83. The van der Waals surface area contributed by atoms with Crippen molar-refractivity contribution < 1.29 is 14.7 Å². The van der Waals surface area contributed by atoms with Crippen LogP contribution in [0.4, 0.5) is 4.79 Å². The molecular weight excluding hydrogens is 276 g/mol. The summed E-state index contributed by atoms with van der Waals surface area (Å²) in [4.78, 5) is 22.3. The van der Waals surface area contributed by atoms with Crippen molar-refractivity contribution in [3.63, 3.8) is 0 Å². The molecule has 2 amide bonds.